The minimum Gasteiger partial charge on any atom is -0.350 e. The summed E-state index contributed by atoms with van der Waals surface area (Å²) in [5.74, 6) is -1.30. The normalized spacial score (nSPS) is 15.4. The molecule has 0 saturated heterocycles. The van der Waals surface area contributed by atoms with E-state index in [4.69, 9.17) is 0 Å². The van der Waals surface area contributed by atoms with Crippen LogP contribution >= 0.6 is 0 Å². The van der Waals surface area contributed by atoms with Gasteiger partial charge in [-0.1, -0.05) is 12.1 Å². The highest BCUT2D eigenvalue weighted by atomic mass is 19.1. The number of amides is 2. The Bertz CT molecular complexity index is 794. The first-order chi connectivity index (χ1) is 12.3. The van der Waals surface area contributed by atoms with E-state index in [-0.39, 0.29) is 23.2 Å². The maximum absolute atomic E-state index is 14.5. The van der Waals surface area contributed by atoms with Gasteiger partial charge in [0.1, 0.15) is 17.6 Å². The Labute approximate surface area is 151 Å². The summed E-state index contributed by atoms with van der Waals surface area (Å²) in [6.45, 7) is 5.62. The molecule has 1 aromatic heterocycles. The number of benzene rings is 1. The first kappa shape index (κ1) is 18.1. The van der Waals surface area contributed by atoms with E-state index in [2.05, 4.69) is 15.3 Å². The van der Waals surface area contributed by atoms with Gasteiger partial charge in [0.15, 0.2) is 0 Å². The van der Waals surface area contributed by atoms with Crippen LogP contribution in [-0.2, 0) is 4.79 Å². The van der Waals surface area contributed by atoms with Crippen LogP contribution in [0.3, 0.4) is 0 Å². The summed E-state index contributed by atoms with van der Waals surface area (Å²) in [5, 5.41) is 2.93. The van der Waals surface area contributed by atoms with Gasteiger partial charge >= 0.3 is 0 Å². The largest absolute Gasteiger partial charge is 0.350 e. The molecule has 138 valence electrons. The zero-order valence-electron chi connectivity index (χ0n) is 15.1. The Morgan fingerprint density at radius 2 is 2.00 bits per heavy atom. The zero-order chi connectivity index (χ0) is 18.9. The minimum atomic E-state index is -0.776. The molecule has 0 aliphatic heterocycles. The summed E-state index contributed by atoms with van der Waals surface area (Å²) >= 11 is 0. The number of rotatable bonds is 5. The third-order valence-corrected chi connectivity index (χ3v) is 4.17. The highest BCUT2D eigenvalue weighted by Crippen LogP contribution is 2.38. The Hall–Kier alpha value is -2.70. The topological polar surface area (TPSA) is 78.1 Å². The summed E-state index contributed by atoms with van der Waals surface area (Å²) in [6.07, 6.45) is 4.41. The van der Waals surface area contributed by atoms with Crippen LogP contribution in [0.1, 0.15) is 44.1 Å². The van der Waals surface area contributed by atoms with Gasteiger partial charge in [0.2, 0.25) is 5.91 Å². The van der Waals surface area contributed by atoms with Crippen molar-refractivity contribution in [3.63, 3.8) is 0 Å². The third kappa shape index (κ3) is 3.92. The van der Waals surface area contributed by atoms with E-state index >= 15 is 0 Å². The third-order valence-electron chi connectivity index (χ3n) is 4.17. The average Bonchev–Trinajstić information content (AvgIpc) is 3.23. The standard InChI is InChI=1S/C19H23FN4O2/c1-19(2,3)23-17(25)16(12-8-9-12)24(15-7-5-4-6-13(15)20)18(26)14-10-21-11-22-14/h4-7,10-12,16H,8-9H2,1-3H3,(H,21,22)(H,23,25). The molecule has 1 saturated carbocycles. The lowest BCUT2D eigenvalue weighted by Crippen LogP contribution is -2.55. The number of para-hydroxylation sites is 1. The molecule has 2 amide bonds. The van der Waals surface area contributed by atoms with E-state index in [1.54, 1.807) is 12.1 Å². The number of hydrogen-bond donors (Lipinski definition) is 2. The molecule has 0 spiro atoms. The molecule has 1 unspecified atom stereocenters. The number of H-pyrrole nitrogens is 1. The van der Waals surface area contributed by atoms with Crippen LogP contribution in [0.4, 0.5) is 10.1 Å². The van der Waals surface area contributed by atoms with Crippen molar-refractivity contribution in [2.45, 2.75) is 45.2 Å². The van der Waals surface area contributed by atoms with E-state index in [0.29, 0.717) is 0 Å². The van der Waals surface area contributed by atoms with E-state index in [0.717, 1.165) is 12.8 Å². The fourth-order valence-corrected chi connectivity index (χ4v) is 2.93. The fraction of sp³-hybridized carbons (Fsp3) is 0.421. The van der Waals surface area contributed by atoms with E-state index in [1.807, 2.05) is 20.8 Å². The molecule has 0 bridgehead atoms. The summed E-state index contributed by atoms with van der Waals surface area (Å²) < 4.78 is 14.5. The van der Waals surface area contributed by atoms with E-state index in [1.165, 1.54) is 29.6 Å². The summed E-state index contributed by atoms with van der Waals surface area (Å²) in [4.78, 5) is 34.0. The van der Waals surface area contributed by atoms with Crippen LogP contribution in [0, 0.1) is 11.7 Å². The maximum atomic E-state index is 14.5. The predicted octanol–water partition coefficient (Wildman–Crippen LogP) is 2.89. The molecule has 6 nitrogen and oxygen atoms in total. The first-order valence-corrected chi connectivity index (χ1v) is 8.66. The van der Waals surface area contributed by atoms with Gasteiger partial charge in [-0.05, 0) is 51.7 Å². The van der Waals surface area contributed by atoms with Gasteiger partial charge in [0, 0.05) is 5.54 Å². The van der Waals surface area contributed by atoms with Crippen LogP contribution in [-0.4, -0.2) is 33.4 Å². The SMILES string of the molecule is CC(C)(C)NC(=O)C(C1CC1)N(C(=O)c1cnc[nH]1)c1ccccc1F. The average molecular weight is 358 g/mol. The molecule has 2 aromatic rings. The van der Waals surface area contributed by atoms with Gasteiger partial charge in [-0.3, -0.25) is 14.5 Å². The monoisotopic (exact) mass is 358 g/mol. The molecular formula is C19H23FN4O2. The van der Waals surface area contributed by atoms with Gasteiger partial charge in [0.25, 0.3) is 5.91 Å². The Kier molecular flexibility index (Phi) is 4.80. The van der Waals surface area contributed by atoms with Crippen molar-refractivity contribution in [1.29, 1.82) is 0 Å². The highest BCUT2D eigenvalue weighted by molar-refractivity contribution is 6.09. The van der Waals surface area contributed by atoms with Crippen molar-refractivity contribution in [1.82, 2.24) is 15.3 Å². The zero-order valence-corrected chi connectivity index (χ0v) is 15.1. The number of carbonyl (C=O) groups excluding carboxylic acids is 2. The Morgan fingerprint density at radius 1 is 1.31 bits per heavy atom. The van der Waals surface area contributed by atoms with Crippen molar-refractivity contribution in [2.24, 2.45) is 5.92 Å². The lowest BCUT2D eigenvalue weighted by molar-refractivity contribution is -0.124. The van der Waals surface area contributed by atoms with Gasteiger partial charge < -0.3 is 10.3 Å². The number of imidazole rings is 1. The van der Waals surface area contributed by atoms with Crippen LogP contribution in [0.5, 0.6) is 0 Å². The number of aromatic amines is 1. The molecule has 1 aromatic carbocycles. The summed E-state index contributed by atoms with van der Waals surface area (Å²) in [7, 11) is 0. The number of anilines is 1. The maximum Gasteiger partial charge on any atom is 0.277 e. The molecule has 1 aliphatic carbocycles. The smallest absolute Gasteiger partial charge is 0.277 e. The van der Waals surface area contributed by atoms with Gasteiger partial charge in [-0.2, -0.15) is 0 Å². The highest BCUT2D eigenvalue weighted by Gasteiger charge is 2.44. The predicted molar refractivity (Wildman–Crippen MR) is 96.2 cm³/mol. The van der Waals surface area contributed by atoms with E-state index < -0.39 is 23.3 Å². The number of nitrogens with zero attached hydrogens (tertiary/aromatic N) is 2. The Morgan fingerprint density at radius 3 is 2.54 bits per heavy atom. The molecule has 1 atom stereocenters. The van der Waals surface area contributed by atoms with Gasteiger partial charge in [0.05, 0.1) is 18.2 Å². The summed E-state index contributed by atoms with van der Waals surface area (Å²) in [5.41, 5.74) is -0.155. The van der Waals surface area contributed by atoms with Crippen LogP contribution in [0.15, 0.2) is 36.8 Å². The molecule has 26 heavy (non-hydrogen) atoms. The molecule has 1 heterocycles. The van der Waals surface area contributed by atoms with Gasteiger partial charge in [-0.15, -0.1) is 0 Å². The lowest BCUT2D eigenvalue weighted by Gasteiger charge is -2.33. The molecule has 7 heteroatoms. The second kappa shape index (κ2) is 6.90. The van der Waals surface area contributed by atoms with Crippen molar-refractivity contribution >= 4 is 17.5 Å². The van der Waals surface area contributed by atoms with E-state index in [9.17, 15) is 14.0 Å². The van der Waals surface area contributed by atoms with Crippen molar-refractivity contribution < 1.29 is 14.0 Å². The van der Waals surface area contributed by atoms with Crippen LogP contribution in [0.25, 0.3) is 0 Å². The van der Waals surface area contributed by atoms with Gasteiger partial charge in [-0.25, -0.2) is 9.37 Å². The molecule has 2 N–H and O–H groups in total. The molecule has 1 fully saturated rings. The molecule has 1 aliphatic rings. The van der Waals surface area contributed by atoms with Crippen molar-refractivity contribution in [2.75, 3.05) is 4.90 Å². The number of halogens is 1. The second-order valence-electron chi connectivity index (χ2n) is 7.61. The number of hydrogen-bond acceptors (Lipinski definition) is 3. The quantitative estimate of drug-likeness (QED) is 0.863. The van der Waals surface area contributed by atoms with Crippen LogP contribution in [0.2, 0.25) is 0 Å². The van der Waals surface area contributed by atoms with Crippen molar-refractivity contribution in [3.05, 3.63) is 48.3 Å². The lowest BCUT2D eigenvalue weighted by atomic mass is 10.0. The fourth-order valence-electron chi connectivity index (χ4n) is 2.93. The number of aromatic nitrogens is 2. The van der Waals surface area contributed by atoms with Crippen LogP contribution < -0.4 is 10.2 Å². The molecular weight excluding hydrogens is 335 g/mol. The van der Waals surface area contributed by atoms with Crippen molar-refractivity contribution in [3.8, 4) is 0 Å². The first-order valence-electron chi connectivity index (χ1n) is 8.66. The Balaban J connectivity index is 2.04. The number of nitrogens with one attached hydrogen (secondary N) is 2. The second-order valence-corrected chi connectivity index (χ2v) is 7.61. The minimum absolute atomic E-state index is 0.00354. The summed E-state index contributed by atoms with van der Waals surface area (Å²) in [6, 6.07) is 5.23. The molecule has 0 radical (unpaired) electrons. The number of carbonyl (C=O) groups is 2. The molecule has 3 rings (SSSR count).